The van der Waals surface area contributed by atoms with Crippen LogP contribution in [0.5, 0.6) is 0 Å². The molecule has 1 saturated heterocycles. The minimum absolute atomic E-state index is 0. The van der Waals surface area contributed by atoms with E-state index < -0.39 is 0 Å². The van der Waals surface area contributed by atoms with E-state index in [4.69, 9.17) is 5.73 Å². The maximum absolute atomic E-state index is 12.3. The number of halogens is 1. The van der Waals surface area contributed by atoms with Crippen molar-refractivity contribution in [3.05, 3.63) is 0 Å². The highest BCUT2D eigenvalue weighted by atomic mass is 35.5. The van der Waals surface area contributed by atoms with Crippen LogP contribution in [-0.2, 0) is 4.79 Å². The molecule has 1 aliphatic heterocycles. The number of piperidine rings is 1. The Bertz CT molecular complexity index is 242. The van der Waals surface area contributed by atoms with Crippen molar-refractivity contribution in [3.8, 4) is 0 Å². The SMILES string of the molecule is CCC(CC)CC(=O)N1CCCCC1C(C)N.Cl. The highest BCUT2D eigenvalue weighted by molar-refractivity contribution is 5.85. The Balaban J connectivity index is 0.00000289. The lowest BCUT2D eigenvalue weighted by molar-refractivity contribution is -0.136. The molecule has 1 fully saturated rings. The molecule has 0 aromatic rings. The van der Waals surface area contributed by atoms with E-state index >= 15 is 0 Å². The smallest absolute Gasteiger partial charge is 0.223 e. The van der Waals surface area contributed by atoms with E-state index in [2.05, 4.69) is 13.8 Å². The average molecular weight is 277 g/mol. The number of carbonyl (C=O) groups excluding carboxylic acids is 1. The summed E-state index contributed by atoms with van der Waals surface area (Å²) in [7, 11) is 0. The van der Waals surface area contributed by atoms with Gasteiger partial charge >= 0.3 is 0 Å². The Morgan fingerprint density at radius 3 is 2.44 bits per heavy atom. The van der Waals surface area contributed by atoms with Crippen LogP contribution in [-0.4, -0.2) is 29.4 Å². The Labute approximate surface area is 118 Å². The van der Waals surface area contributed by atoms with Crippen LogP contribution in [0, 0.1) is 5.92 Å². The highest BCUT2D eigenvalue weighted by Gasteiger charge is 2.29. The van der Waals surface area contributed by atoms with Crippen LogP contribution in [0.3, 0.4) is 0 Å². The van der Waals surface area contributed by atoms with Crippen LogP contribution in [0.1, 0.15) is 59.3 Å². The van der Waals surface area contributed by atoms with Gasteiger partial charge in [-0.1, -0.05) is 26.7 Å². The van der Waals surface area contributed by atoms with Crippen LogP contribution in [0.15, 0.2) is 0 Å². The summed E-state index contributed by atoms with van der Waals surface area (Å²) >= 11 is 0. The first-order chi connectivity index (χ1) is 8.10. The number of amides is 1. The second-order valence-corrected chi connectivity index (χ2v) is 5.40. The lowest BCUT2D eigenvalue weighted by Crippen LogP contribution is -2.51. The zero-order valence-corrected chi connectivity index (χ0v) is 12.8. The number of likely N-dealkylation sites (tertiary alicyclic amines) is 1. The van der Waals surface area contributed by atoms with Crippen molar-refractivity contribution in [2.24, 2.45) is 11.7 Å². The normalized spacial score (nSPS) is 21.6. The van der Waals surface area contributed by atoms with E-state index in [1.807, 2.05) is 11.8 Å². The maximum atomic E-state index is 12.3. The molecular weight excluding hydrogens is 248 g/mol. The topological polar surface area (TPSA) is 46.3 Å². The van der Waals surface area contributed by atoms with Gasteiger partial charge < -0.3 is 10.6 Å². The number of nitrogens with two attached hydrogens (primary N) is 1. The van der Waals surface area contributed by atoms with Gasteiger partial charge in [-0.3, -0.25) is 4.79 Å². The van der Waals surface area contributed by atoms with Gasteiger partial charge in [0.2, 0.25) is 5.91 Å². The molecule has 1 rings (SSSR count). The molecule has 0 aromatic heterocycles. The maximum Gasteiger partial charge on any atom is 0.223 e. The molecule has 0 bridgehead atoms. The molecule has 0 saturated carbocycles. The first kappa shape index (κ1) is 17.7. The standard InChI is InChI=1S/C14H28N2O.ClH/c1-4-12(5-2)10-14(17)16-9-7-6-8-13(16)11(3)15;/h11-13H,4-10,15H2,1-3H3;1H. The van der Waals surface area contributed by atoms with Gasteiger partial charge in [0.1, 0.15) is 0 Å². The number of carbonyl (C=O) groups is 1. The summed E-state index contributed by atoms with van der Waals surface area (Å²) < 4.78 is 0. The fraction of sp³-hybridized carbons (Fsp3) is 0.929. The molecule has 1 heterocycles. The zero-order chi connectivity index (χ0) is 12.8. The molecule has 2 atom stereocenters. The Morgan fingerprint density at radius 1 is 1.33 bits per heavy atom. The third-order valence-electron chi connectivity index (χ3n) is 4.09. The molecule has 4 heteroatoms. The van der Waals surface area contributed by atoms with E-state index in [0.29, 0.717) is 18.2 Å². The van der Waals surface area contributed by atoms with Gasteiger partial charge in [-0.15, -0.1) is 12.4 Å². The van der Waals surface area contributed by atoms with Crippen molar-refractivity contribution in [1.29, 1.82) is 0 Å². The Hall–Kier alpha value is -0.280. The van der Waals surface area contributed by atoms with Crippen molar-refractivity contribution in [3.63, 3.8) is 0 Å². The van der Waals surface area contributed by atoms with Gasteiger partial charge in [-0.05, 0) is 32.1 Å². The zero-order valence-electron chi connectivity index (χ0n) is 12.0. The van der Waals surface area contributed by atoms with Crippen LogP contribution >= 0.6 is 12.4 Å². The molecule has 108 valence electrons. The van der Waals surface area contributed by atoms with E-state index in [1.165, 1.54) is 6.42 Å². The van der Waals surface area contributed by atoms with Crippen molar-refractivity contribution in [2.75, 3.05) is 6.54 Å². The summed E-state index contributed by atoms with van der Waals surface area (Å²) in [5.41, 5.74) is 6.00. The van der Waals surface area contributed by atoms with Gasteiger partial charge in [0, 0.05) is 25.0 Å². The fourth-order valence-corrected chi connectivity index (χ4v) is 2.76. The van der Waals surface area contributed by atoms with E-state index in [9.17, 15) is 4.79 Å². The van der Waals surface area contributed by atoms with Crippen molar-refractivity contribution in [2.45, 2.75) is 71.4 Å². The summed E-state index contributed by atoms with van der Waals surface area (Å²) in [6, 6.07) is 0.367. The molecular formula is C14H29ClN2O. The van der Waals surface area contributed by atoms with Crippen LogP contribution in [0.25, 0.3) is 0 Å². The summed E-state index contributed by atoms with van der Waals surface area (Å²) in [4.78, 5) is 14.4. The molecule has 1 aliphatic rings. The van der Waals surface area contributed by atoms with E-state index in [0.717, 1.165) is 32.2 Å². The first-order valence-electron chi connectivity index (χ1n) is 7.15. The van der Waals surface area contributed by atoms with Gasteiger partial charge in [0.25, 0.3) is 0 Å². The molecule has 2 unspecified atom stereocenters. The van der Waals surface area contributed by atoms with Gasteiger partial charge in [-0.25, -0.2) is 0 Å². The third kappa shape index (κ3) is 4.77. The van der Waals surface area contributed by atoms with Crippen molar-refractivity contribution >= 4 is 18.3 Å². The number of rotatable bonds is 5. The summed E-state index contributed by atoms with van der Waals surface area (Å²) in [6.07, 6.45) is 6.32. The van der Waals surface area contributed by atoms with Crippen LogP contribution in [0.2, 0.25) is 0 Å². The molecule has 0 aliphatic carbocycles. The summed E-state index contributed by atoms with van der Waals surface area (Å²) in [5.74, 6) is 0.860. The predicted molar refractivity (Wildman–Crippen MR) is 78.9 cm³/mol. The monoisotopic (exact) mass is 276 g/mol. The molecule has 1 amide bonds. The van der Waals surface area contributed by atoms with Crippen LogP contribution in [0.4, 0.5) is 0 Å². The molecule has 0 aromatic carbocycles. The minimum atomic E-state index is 0. The molecule has 0 spiro atoms. The van der Waals surface area contributed by atoms with Crippen molar-refractivity contribution in [1.82, 2.24) is 4.90 Å². The quantitative estimate of drug-likeness (QED) is 0.839. The molecule has 2 N–H and O–H groups in total. The Morgan fingerprint density at radius 2 is 1.94 bits per heavy atom. The second kappa shape index (κ2) is 8.76. The van der Waals surface area contributed by atoms with E-state index in [1.54, 1.807) is 0 Å². The average Bonchev–Trinajstić information content (AvgIpc) is 2.35. The number of hydrogen-bond donors (Lipinski definition) is 1. The van der Waals surface area contributed by atoms with Crippen LogP contribution < -0.4 is 5.73 Å². The van der Waals surface area contributed by atoms with Gasteiger partial charge in [0.15, 0.2) is 0 Å². The second-order valence-electron chi connectivity index (χ2n) is 5.40. The Kier molecular flexibility index (Phi) is 8.62. The fourth-order valence-electron chi connectivity index (χ4n) is 2.76. The van der Waals surface area contributed by atoms with Gasteiger partial charge in [-0.2, -0.15) is 0 Å². The van der Waals surface area contributed by atoms with Gasteiger partial charge in [0.05, 0.1) is 0 Å². The highest BCUT2D eigenvalue weighted by Crippen LogP contribution is 2.22. The summed E-state index contributed by atoms with van der Waals surface area (Å²) in [6.45, 7) is 7.26. The lowest BCUT2D eigenvalue weighted by atomic mass is 9.94. The lowest BCUT2D eigenvalue weighted by Gasteiger charge is -2.38. The predicted octanol–water partition coefficient (Wildman–Crippen LogP) is 2.96. The number of hydrogen-bond acceptors (Lipinski definition) is 2. The minimum Gasteiger partial charge on any atom is -0.338 e. The summed E-state index contributed by atoms with van der Waals surface area (Å²) in [5, 5.41) is 0. The first-order valence-corrected chi connectivity index (χ1v) is 7.15. The largest absolute Gasteiger partial charge is 0.338 e. The molecule has 18 heavy (non-hydrogen) atoms. The third-order valence-corrected chi connectivity index (χ3v) is 4.09. The number of nitrogens with zero attached hydrogens (tertiary/aromatic N) is 1. The molecule has 3 nitrogen and oxygen atoms in total. The van der Waals surface area contributed by atoms with E-state index in [-0.39, 0.29) is 24.5 Å². The van der Waals surface area contributed by atoms with Crippen molar-refractivity contribution < 1.29 is 4.79 Å². The molecule has 0 radical (unpaired) electrons.